The summed E-state index contributed by atoms with van der Waals surface area (Å²) in [6, 6.07) is 11.5. The Labute approximate surface area is 165 Å². The third kappa shape index (κ3) is 4.02. The molecule has 28 heavy (non-hydrogen) atoms. The highest BCUT2D eigenvalue weighted by Gasteiger charge is 2.21. The van der Waals surface area contributed by atoms with Crippen LogP contribution in [0.2, 0.25) is 0 Å². The molecular weight excluding hydrogens is 352 g/mol. The summed E-state index contributed by atoms with van der Waals surface area (Å²) < 4.78 is 8.01. The maximum atomic E-state index is 13.1. The Bertz CT molecular complexity index is 982. The summed E-state index contributed by atoms with van der Waals surface area (Å²) in [5.41, 5.74) is 3.52. The molecule has 3 aromatic rings. The monoisotopic (exact) mass is 378 g/mol. The number of amides is 1. The number of carbonyl (C=O) groups is 1. The first kappa shape index (κ1) is 18.5. The van der Waals surface area contributed by atoms with Crippen molar-refractivity contribution in [1.82, 2.24) is 19.2 Å². The number of benzene rings is 1. The minimum atomic E-state index is 0.0385. The molecule has 0 aliphatic carbocycles. The van der Waals surface area contributed by atoms with Crippen LogP contribution in [-0.4, -0.2) is 58.3 Å². The first-order valence-corrected chi connectivity index (χ1v) is 9.74. The number of hydrogen-bond donors (Lipinski definition) is 0. The summed E-state index contributed by atoms with van der Waals surface area (Å²) in [7, 11) is 2.10. The molecule has 0 unspecified atom stereocenters. The standard InChI is InChI=1S/C22H26N4O2/c1-17-8-9-21-23-18(15-26(21)14-17)16-28-20-7-4-3-6-19(20)22(27)25-11-5-10-24(2)12-13-25/h3-4,6-9,14-15H,5,10-13,16H2,1-2H3. The van der Waals surface area contributed by atoms with E-state index in [9.17, 15) is 4.79 Å². The molecule has 6 heteroatoms. The number of carbonyl (C=O) groups excluding carboxylic acids is 1. The van der Waals surface area contributed by atoms with Crippen LogP contribution in [0.25, 0.3) is 5.65 Å². The molecule has 0 spiro atoms. The minimum absolute atomic E-state index is 0.0385. The van der Waals surface area contributed by atoms with E-state index in [2.05, 4.69) is 23.9 Å². The fourth-order valence-electron chi connectivity index (χ4n) is 3.57. The third-order valence-electron chi connectivity index (χ3n) is 5.15. The third-order valence-corrected chi connectivity index (χ3v) is 5.15. The van der Waals surface area contributed by atoms with Gasteiger partial charge in [0, 0.05) is 32.0 Å². The number of ether oxygens (including phenoxy) is 1. The van der Waals surface area contributed by atoms with E-state index >= 15 is 0 Å². The zero-order valence-corrected chi connectivity index (χ0v) is 16.5. The zero-order valence-electron chi connectivity index (χ0n) is 16.5. The van der Waals surface area contributed by atoms with Gasteiger partial charge in [-0.15, -0.1) is 0 Å². The molecule has 6 nitrogen and oxygen atoms in total. The van der Waals surface area contributed by atoms with Crippen LogP contribution in [0.3, 0.4) is 0 Å². The molecule has 1 saturated heterocycles. The fraction of sp³-hybridized carbons (Fsp3) is 0.364. The Balaban J connectivity index is 1.49. The Kier molecular flexibility index (Phi) is 5.30. The molecule has 0 saturated carbocycles. The van der Waals surface area contributed by atoms with Crippen LogP contribution < -0.4 is 4.74 Å². The SMILES string of the molecule is Cc1ccc2nc(COc3ccccc3C(=O)N3CCCN(C)CC3)cn2c1. The van der Waals surface area contributed by atoms with Gasteiger partial charge in [-0.2, -0.15) is 0 Å². The lowest BCUT2D eigenvalue weighted by atomic mass is 10.1. The second kappa shape index (κ2) is 8.02. The van der Waals surface area contributed by atoms with Crippen LogP contribution in [0.5, 0.6) is 5.75 Å². The molecule has 3 heterocycles. The van der Waals surface area contributed by atoms with E-state index in [1.807, 2.05) is 58.1 Å². The predicted molar refractivity (Wildman–Crippen MR) is 109 cm³/mol. The number of aromatic nitrogens is 2. The van der Waals surface area contributed by atoms with Gasteiger partial charge >= 0.3 is 0 Å². The van der Waals surface area contributed by atoms with E-state index in [1.54, 1.807) is 0 Å². The number of likely N-dealkylation sites (N-methyl/N-ethyl adjacent to an activating group) is 1. The topological polar surface area (TPSA) is 50.1 Å². The highest BCUT2D eigenvalue weighted by atomic mass is 16.5. The average molecular weight is 378 g/mol. The van der Waals surface area contributed by atoms with E-state index < -0.39 is 0 Å². The van der Waals surface area contributed by atoms with E-state index in [-0.39, 0.29) is 5.91 Å². The van der Waals surface area contributed by atoms with Gasteiger partial charge in [0.1, 0.15) is 18.0 Å². The Morgan fingerprint density at radius 2 is 1.93 bits per heavy atom. The van der Waals surface area contributed by atoms with Crippen LogP contribution >= 0.6 is 0 Å². The minimum Gasteiger partial charge on any atom is -0.486 e. The van der Waals surface area contributed by atoms with Crippen LogP contribution in [0.1, 0.15) is 28.0 Å². The average Bonchev–Trinajstić information content (AvgIpc) is 2.97. The summed E-state index contributed by atoms with van der Waals surface area (Å²) in [5.74, 6) is 0.648. The second-order valence-electron chi connectivity index (χ2n) is 7.44. The molecule has 0 atom stereocenters. The maximum Gasteiger partial charge on any atom is 0.257 e. The lowest BCUT2D eigenvalue weighted by molar-refractivity contribution is 0.0758. The molecule has 0 bridgehead atoms. The van der Waals surface area contributed by atoms with Crippen molar-refractivity contribution in [3.63, 3.8) is 0 Å². The van der Waals surface area contributed by atoms with Crippen molar-refractivity contribution < 1.29 is 9.53 Å². The van der Waals surface area contributed by atoms with Gasteiger partial charge in [-0.25, -0.2) is 4.98 Å². The first-order chi connectivity index (χ1) is 13.6. The van der Waals surface area contributed by atoms with E-state index in [4.69, 9.17) is 4.74 Å². The second-order valence-corrected chi connectivity index (χ2v) is 7.44. The van der Waals surface area contributed by atoms with Gasteiger partial charge in [0.05, 0.1) is 11.3 Å². The molecule has 1 fully saturated rings. The first-order valence-electron chi connectivity index (χ1n) is 9.74. The lowest BCUT2D eigenvalue weighted by Crippen LogP contribution is -2.34. The lowest BCUT2D eigenvalue weighted by Gasteiger charge is -2.22. The van der Waals surface area contributed by atoms with Crippen LogP contribution in [0, 0.1) is 6.92 Å². The normalized spacial score (nSPS) is 15.6. The molecule has 2 aromatic heterocycles. The number of aryl methyl sites for hydroxylation is 1. The van der Waals surface area contributed by atoms with Crippen molar-refractivity contribution in [2.24, 2.45) is 0 Å². The van der Waals surface area contributed by atoms with Crippen LogP contribution in [0.4, 0.5) is 0 Å². The summed E-state index contributed by atoms with van der Waals surface area (Å²) in [6.07, 6.45) is 5.00. The largest absolute Gasteiger partial charge is 0.486 e. The number of pyridine rings is 1. The molecule has 1 aromatic carbocycles. The van der Waals surface area contributed by atoms with Crippen LogP contribution in [-0.2, 0) is 6.61 Å². The van der Waals surface area contributed by atoms with Gasteiger partial charge in [0.15, 0.2) is 0 Å². The quantitative estimate of drug-likeness (QED) is 0.700. The highest BCUT2D eigenvalue weighted by molar-refractivity contribution is 5.97. The summed E-state index contributed by atoms with van der Waals surface area (Å²) in [4.78, 5) is 21.9. The van der Waals surface area contributed by atoms with Crippen molar-refractivity contribution in [3.05, 3.63) is 65.6 Å². The highest BCUT2D eigenvalue weighted by Crippen LogP contribution is 2.22. The van der Waals surface area contributed by atoms with Crippen molar-refractivity contribution in [2.45, 2.75) is 20.0 Å². The Hall–Kier alpha value is -2.86. The number of rotatable bonds is 4. The molecule has 0 N–H and O–H groups in total. The van der Waals surface area contributed by atoms with Gasteiger partial charge in [0.25, 0.3) is 5.91 Å². The van der Waals surface area contributed by atoms with E-state index in [0.717, 1.165) is 43.9 Å². The number of para-hydroxylation sites is 1. The molecular formula is C22H26N4O2. The number of fused-ring (bicyclic) bond motifs is 1. The molecule has 0 radical (unpaired) electrons. The van der Waals surface area contributed by atoms with E-state index in [1.165, 1.54) is 5.56 Å². The van der Waals surface area contributed by atoms with E-state index in [0.29, 0.717) is 17.9 Å². The molecule has 146 valence electrons. The van der Waals surface area contributed by atoms with Gasteiger partial charge < -0.3 is 18.9 Å². The summed E-state index contributed by atoms with van der Waals surface area (Å²) >= 11 is 0. The van der Waals surface area contributed by atoms with Crippen molar-refractivity contribution in [2.75, 3.05) is 33.2 Å². The van der Waals surface area contributed by atoms with Gasteiger partial charge in [-0.05, 0) is 50.7 Å². The Morgan fingerprint density at radius 1 is 1.07 bits per heavy atom. The fourth-order valence-corrected chi connectivity index (χ4v) is 3.57. The molecule has 1 aliphatic rings. The maximum absolute atomic E-state index is 13.1. The zero-order chi connectivity index (χ0) is 19.5. The van der Waals surface area contributed by atoms with Gasteiger partial charge in [0.2, 0.25) is 0 Å². The number of imidazole rings is 1. The predicted octanol–water partition coefficient (Wildman–Crippen LogP) is 3.00. The van der Waals surface area contributed by atoms with Crippen LogP contribution in [0.15, 0.2) is 48.8 Å². The number of nitrogens with zero attached hydrogens (tertiary/aromatic N) is 4. The molecule has 1 amide bonds. The summed E-state index contributed by atoms with van der Waals surface area (Å²) in [6.45, 7) is 5.83. The number of hydrogen-bond acceptors (Lipinski definition) is 4. The van der Waals surface area contributed by atoms with Gasteiger partial charge in [-0.3, -0.25) is 4.79 Å². The van der Waals surface area contributed by atoms with Gasteiger partial charge in [-0.1, -0.05) is 18.2 Å². The van der Waals surface area contributed by atoms with Crippen molar-refractivity contribution in [3.8, 4) is 5.75 Å². The van der Waals surface area contributed by atoms with Crippen molar-refractivity contribution in [1.29, 1.82) is 0 Å². The molecule has 4 rings (SSSR count). The summed E-state index contributed by atoms with van der Waals surface area (Å²) in [5, 5.41) is 0. The molecule has 1 aliphatic heterocycles. The smallest absolute Gasteiger partial charge is 0.257 e. The Morgan fingerprint density at radius 3 is 2.82 bits per heavy atom. The van der Waals surface area contributed by atoms with Crippen molar-refractivity contribution >= 4 is 11.6 Å².